The molecule has 0 aliphatic carbocycles. The highest BCUT2D eigenvalue weighted by Crippen LogP contribution is 2.57. The molecule has 68 heavy (non-hydrogen) atoms. The molecule has 0 aromatic heterocycles. The minimum Gasteiger partial charge on any atom is -0.497 e. The normalized spacial score (nSPS) is 11.7. The summed E-state index contributed by atoms with van der Waals surface area (Å²) >= 11 is 0. The lowest BCUT2D eigenvalue weighted by atomic mass is 9.87. The smallest absolute Gasteiger partial charge is 0.119 e. The van der Waals surface area contributed by atoms with Crippen LogP contribution in [0.3, 0.4) is 0 Å². The number of rotatable bonds is 10. The van der Waals surface area contributed by atoms with Crippen LogP contribution in [0, 0.1) is 0 Å². The molecular weight excluding hydrogens is 829 g/mol. The van der Waals surface area contributed by atoms with E-state index in [9.17, 15) is 0 Å². The fourth-order valence-corrected chi connectivity index (χ4v) is 11.1. The van der Waals surface area contributed by atoms with Gasteiger partial charge in [0, 0.05) is 33.5 Å². The standard InChI is InChI=1S/C64H44N2O2/c1-67-47-33-29-45(30-34-47)65(43-21-11-5-12-22-43)55-39-37-53-59-49(55)25-15-27-51(59)61-57(41-17-7-3-8-18-41)62-52-28-16-26-50-56(66(44-23-13-6-14-24-44)46-31-35-48(68-2)36-32-46)40-38-54(60(50)52)64(62)58(63(53)61)42-19-9-4-10-20-42/h3-40H,1-2H3. The molecule has 4 nitrogen and oxygen atoms in total. The van der Waals surface area contributed by atoms with Gasteiger partial charge >= 0.3 is 0 Å². The zero-order valence-corrected chi connectivity index (χ0v) is 37.7. The first kappa shape index (κ1) is 39.5. The van der Waals surface area contributed by atoms with E-state index in [0.717, 1.165) is 45.6 Å². The fraction of sp³-hybridized carbons (Fsp3) is 0.0312. The number of hydrogen-bond donors (Lipinski definition) is 0. The Balaban J connectivity index is 1.18. The van der Waals surface area contributed by atoms with Gasteiger partial charge in [0.2, 0.25) is 0 Å². The highest BCUT2D eigenvalue weighted by atomic mass is 16.5. The lowest BCUT2D eigenvalue weighted by Gasteiger charge is -2.27. The van der Waals surface area contributed by atoms with Gasteiger partial charge in [0.1, 0.15) is 11.5 Å². The number of methoxy groups -OCH3 is 2. The third kappa shape index (κ3) is 6.01. The maximum Gasteiger partial charge on any atom is 0.119 e. The topological polar surface area (TPSA) is 24.9 Å². The number of benzene rings is 11. The summed E-state index contributed by atoms with van der Waals surface area (Å²) in [5.74, 6) is 1.65. The van der Waals surface area contributed by atoms with Crippen molar-refractivity contribution in [3.63, 3.8) is 0 Å². The van der Waals surface area contributed by atoms with Gasteiger partial charge in [-0.05, 0) is 161 Å². The molecule has 4 heteroatoms. The molecule has 322 valence electrons. The molecule has 0 N–H and O–H groups in total. The van der Waals surface area contributed by atoms with Crippen LogP contribution in [0.5, 0.6) is 11.5 Å². The number of hydrogen-bond acceptors (Lipinski definition) is 4. The van der Waals surface area contributed by atoms with Crippen LogP contribution in [0.15, 0.2) is 231 Å². The Morgan fingerprint density at radius 3 is 0.912 bits per heavy atom. The molecule has 0 radical (unpaired) electrons. The molecule has 0 unspecified atom stereocenters. The SMILES string of the molecule is COc1ccc(N(c2ccccc2)c2ccc3c4c(-c5ccccc5)c5c6ccc(N(c7ccccc7)c7ccc(OC)cc7)c7cccc(c5c(-c5ccccc5)c4c4cccc2c43)c76)cc1. The monoisotopic (exact) mass is 872 g/mol. The summed E-state index contributed by atoms with van der Waals surface area (Å²) in [4.78, 5) is 4.75. The molecule has 0 spiro atoms. The van der Waals surface area contributed by atoms with Crippen molar-refractivity contribution in [3.05, 3.63) is 231 Å². The van der Waals surface area contributed by atoms with Crippen LogP contribution in [0.4, 0.5) is 34.1 Å². The first-order valence-electron chi connectivity index (χ1n) is 23.2. The molecule has 0 fully saturated rings. The Kier molecular flexibility index (Phi) is 9.26. The van der Waals surface area contributed by atoms with Crippen molar-refractivity contribution in [1.82, 2.24) is 0 Å². The lowest BCUT2D eigenvalue weighted by molar-refractivity contribution is 0.414. The predicted molar refractivity (Wildman–Crippen MR) is 287 cm³/mol. The van der Waals surface area contributed by atoms with E-state index in [1.807, 2.05) is 24.3 Å². The van der Waals surface area contributed by atoms with Crippen LogP contribution < -0.4 is 19.3 Å². The van der Waals surface area contributed by atoms with Gasteiger partial charge < -0.3 is 19.3 Å². The van der Waals surface area contributed by atoms with E-state index in [0.29, 0.717) is 0 Å². The number of fused-ring (bicyclic) bond motifs is 6. The summed E-state index contributed by atoms with van der Waals surface area (Å²) in [6, 6.07) is 83.5. The molecule has 0 atom stereocenters. The Labute approximate surface area is 394 Å². The Morgan fingerprint density at radius 1 is 0.250 bits per heavy atom. The van der Waals surface area contributed by atoms with E-state index >= 15 is 0 Å². The second-order valence-electron chi connectivity index (χ2n) is 17.4. The second kappa shape index (κ2) is 15.9. The predicted octanol–water partition coefficient (Wildman–Crippen LogP) is 17.8. The van der Waals surface area contributed by atoms with Crippen molar-refractivity contribution >= 4 is 98.8 Å². The second-order valence-corrected chi connectivity index (χ2v) is 17.4. The first-order chi connectivity index (χ1) is 33.7. The first-order valence-corrected chi connectivity index (χ1v) is 23.2. The summed E-state index contributed by atoms with van der Waals surface area (Å²) in [6.45, 7) is 0. The van der Waals surface area contributed by atoms with E-state index in [1.54, 1.807) is 14.2 Å². The number of anilines is 6. The van der Waals surface area contributed by atoms with Crippen LogP contribution in [0.1, 0.15) is 0 Å². The minimum absolute atomic E-state index is 0.826. The van der Waals surface area contributed by atoms with Gasteiger partial charge in [0.15, 0.2) is 0 Å². The zero-order chi connectivity index (χ0) is 45.3. The summed E-state index contributed by atoms with van der Waals surface area (Å²) in [5, 5.41) is 15.0. The van der Waals surface area contributed by atoms with Crippen molar-refractivity contribution in [1.29, 1.82) is 0 Å². The summed E-state index contributed by atoms with van der Waals surface area (Å²) in [6.07, 6.45) is 0. The molecule has 0 saturated carbocycles. The Morgan fingerprint density at radius 2 is 0.559 bits per heavy atom. The maximum atomic E-state index is 5.61. The van der Waals surface area contributed by atoms with Crippen molar-refractivity contribution in [2.75, 3.05) is 24.0 Å². The minimum atomic E-state index is 0.826. The van der Waals surface area contributed by atoms with Gasteiger partial charge in [0.25, 0.3) is 0 Å². The number of nitrogens with zero attached hydrogens (tertiary/aromatic N) is 2. The van der Waals surface area contributed by atoms with E-state index < -0.39 is 0 Å². The molecule has 0 bridgehead atoms. The van der Waals surface area contributed by atoms with Gasteiger partial charge in [0.05, 0.1) is 25.6 Å². The van der Waals surface area contributed by atoms with E-state index in [-0.39, 0.29) is 0 Å². The molecule has 13 aromatic rings. The van der Waals surface area contributed by atoms with Crippen molar-refractivity contribution in [3.8, 4) is 33.8 Å². The molecule has 0 heterocycles. The average Bonchev–Trinajstić information content (AvgIpc) is 3.92. The summed E-state index contributed by atoms with van der Waals surface area (Å²) < 4.78 is 11.2. The van der Waals surface area contributed by atoms with Crippen molar-refractivity contribution in [2.24, 2.45) is 0 Å². The van der Waals surface area contributed by atoms with Crippen LogP contribution in [-0.2, 0) is 0 Å². The van der Waals surface area contributed by atoms with Gasteiger partial charge in [-0.1, -0.05) is 146 Å². The van der Waals surface area contributed by atoms with Crippen LogP contribution >= 0.6 is 0 Å². The number of para-hydroxylation sites is 2. The summed E-state index contributed by atoms with van der Waals surface area (Å²) in [5.41, 5.74) is 11.4. The largest absolute Gasteiger partial charge is 0.497 e. The molecule has 0 aliphatic heterocycles. The Bertz CT molecular complexity index is 3630. The van der Waals surface area contributed by atoms with Crippen molar-refractivity contribution < 1.29 is 9.47 Å². The quantitative estimate of drug-likeness (QED) is 0.137. The fourth-order valence-electron chi connectivity index (χ4n) is 11.1. The third-order valence-corrected chi connectivity index (χ3v) is 13.9. The maximum absolute atomic E-state index is 5.61. The van der Waals surface area contributed by atoms with Crippen LogP contribution in [0.2, 0.25) is 0 Å². The highest BCUT2D eigenvalue weighted by Gasteiger charge is 2.29. The molecular formula is C64H44N2O2. The van der Waals surface area contributed by atoms with Gasteiger partial charge in [-0.25, -0.2) is 0 Å². The van der Waals surface area contributed by atoms with E-state index in [4.69, 9.17) is 9.47 Å². The van der Waals surface area contributed by atoms with Gasteiger partial charge in [-0.2, -0.15) is 0 Å². The third-order valence-electron chi connectivity index (χ3n) is 13.9. The molecule has 13 aromatic carbocycles. The molecule has 0 saturated heterocycles. The average molecular weight is 873 g/mol. The molecule has 0 amide bonds. The van der Waals surface area contributed by atoms with Gasteiger partial charge in [-0.15, -0.1) is 0 Å². The summed E-state index contributed by atoms with van der Waals surface area (Å²) in [7, 11) is 3.43. The van der Waals surface area contributed by atoms with E-state index in [1.165, 1.54) is 86.9 Å². The zero-order valence-electron chi connectivity index (χ0n) is 37.7. The van der Waals surface area contributed by atoms with Crippen LogP contribution in [0.25, 0.3) is 86.9 Å². The lowest BCUT2D eigenvalue weighted by Crippen LogP contribution is -2.10. The van der Waals surface area contributed by atoms with E-state index in [2.05, 4.69) is 216 Å². The molecule has 13 rings (SSSR count). The Hall–Kier alpha value is -8.86. The van der Waals surface area contributed by atoms with Crippen molar-refractivity contribution in [2.45, 2.75) is 0 Å². The van der Waals surface area contributed by atoms with Gasteiger partial charge in [-0.3, -0.25) is 0 Å². The molecule has 0 aliphatic rings. The highest BCUT2D eigenvalue weighted by molar-refractivity contribution is 6.47. The van der Waals surface area contributed by atoms with Crippen LogP contribution in [-0.4, -0.2) is 14.2 Å². The number of ether oxygens (including phenoxy) is 2.